The van der Waals surface area contributed by atoms with Gasteiger partial charge >= 0.3 is 0 Å². The summed E-state index contributed by atoms with van der Waals surface area (Å²) in [4.78, 5) is 4.40. The normalized spacial score (nSPS) is 11.2. The van der Waals surface area contributed by atoms with E-state index in [0.29, 0.717) is 51.9 Å². The van der Waals surface area contributed by atoms with Crippen molar-refractivity contribution in [1.82, 2.24) is 24.9 Å². The first kappa shape index (κ1) is 20.2. The molecule has 0 saturated carbocycles. The lowest BCUT2D eigenvalue weighted by molar-refractivity contribution is 0.391. The van der Waals surface area contributed by atoms with Gasteiger partial charge in [0.2, 0.25) is 17.5 Å². The van der Waals surface area contributed by atoms with E-state index in [1.807, 2.05) is 47.0 Å². The van der Waals surface area contributed by atoms with Crippen LogP contribution in [0.5, 0.6) is 0 Å². The molecule has 3 aromatic heterocycles. The van der Waals surface area contributed by atoms with Gasteiger partial charge in [-0.3, -0.25) is 4.57 Å². The zero-order valence-corrected chi connectivity index (χ0v) is 17.9. The Labute approximate surface area is 187 Å². The van der Waals surface area contributed by atoms with Crippen LogP contribution in [0.15, 0.2) is 81.0 Å². The quantitative estimate of drug-likeness (QED) is 0.310. The summed E-state index contributed by atoms with van der Waals surface area (Å²) in [7, 11) is 0. The van der Waals surface area contributed by atoms with Crippen LogP contribution in [-0.4, -0.2) is 24.9 Å². The lowest BCUT2D eigenvalue weighted by atomic mass is 10.1. The third-order valence-corrected chi connectivity index (χ3v) is 5.82. The van der Waals surface area contributed by atoms with E-state index in [9.17, 15) is 4.39 Å². The van der Waals surface area contributed by atoms with Gasteiger partial charge in [-0.1, -0.05) is 59.4 Å². The Bertz CT molecular complexity index is 1330. The van der Waals surface area contributed by atoms with Gasteiger partial charge in [0.25, 0.3) is 0 Å². The van der Waals surface area contributed by atoms with Crippen molar-refractivity contribution in [2.75, 3.05) is 0 Å². The van der Waals surface area contributed by atoms with Gasteiger partial charge in [-0.15, -0.1) is 10.2 Å². The monoisotopic (exact) mass is 447 g/mol. The number of aromatic nitrogens is 5. The molecule has 3 heterocycles. The maximum absolute atomic E-state index is 13.9. The van der Waals surface area contributed by atoms with E-state index in [1.54, 1.807) is 25.3 Å². The standard InChI is InChI=1S/C23H18FN5O2S/c1-15-9-10-17(12-18(15)24)21-25-20(31-28-21)14-32-23-27-26-22(19-8-5-11-30-19)29(23)13-16-6-3-2-4-7-16/h2-12H,13-14H2,1H3. The fourth-order valence-electron chi connectivity index (χ4n) is 3.18. The second-order valence-electron chi connectivity index (χ2n) is 7.12. The molecule has 160 valence electrons. The number of halogens is 1. The van der Waals surface area contributed by atoms with Crippen LogP contribution in [0, 0.1) is 12.7 Å². The molecule has 0 aliphatic rings. The topological polar surface area (TPSA) is 82.8 Å². The minimum atomic E-state index is -0.303. The summed E-state index contributed by atoms with van der Waals surface area (Å²) in [6.07, 6.45) is 1.61. The molecule has 0 saturated heterocycles. The van der Waals surface area contributed by atoms with Gasteiger partial charge in [-0.05, 0) is 36.2 Å². The molecule has 5 rings (SSSR count). The van der Waals surface area contributed by atoms with Crippen molar-refractivity contribution in [2.45, 2.75) is 24.4 Å². The van der Waals surface area contributed by atoms with Crippen molar-refractivity contribution in [3.8, 4) is 23.0 Å². The first-order chi connectivity index (χ1) is 15.7. The maximum atomic E-state index is 13.9. The predicted octanol–water partition coefficient (Wildman–Crippen LogP) is 5.38. The second kappa shape index (κ2) is 8.80. The van der Waals surface area contributed by atoms with Gasteiger partial charge in [-0.25, -0.2) is 4.39 Å². The van der Waals surface area contributed by atoms with Crippen LogP contribution in [0.3, 0.4) is 0 Å². The van der Waals surface area contributed by atoms with E-state index < -0.39 is 0 Å². The summed E-state index contributed by atoms with van der Waals surface area (Å²) in [5.74, 6) is 2.14. The first-order valence-corrected chi connectivity index (χ1v) is 10.9. The van der Waals surface area contributed by atoms with Gasteiger partial charge in [0.05, 0.1) is 18.6 Å². The maximum Gasteiger partial charge on any atom is 0.237 e. The number of hydrogen-bond acceptors (Lipinski definition) is 7. The molecule has 0 amide bonds. The third-order valence-electron chi connectivity index (χ3n) is 4.86. The molecular formula is C23H18FN5O2S. The molecule has 9 heteroatoms. The van der Waals surface area contributed by atoms with E-state index in [-0.39, 0.29) is 5.82 Å². The minimum Gasteiger partial charge on any atom is -0.461 e. The summed E-state index contributed by atoms with van der Waals surface area (Å²) in [6.45, 7) is 2.30. The molecule has 0 aliphatic carbocycles. The molecule has 0 aliphatic heterocycles. The van der Waals surface area contributed by atoms with Gasteiger partial charge in [0.1, 0.15) is 5.82 Å². The molecule has 7 nitrogen and oxygen atoms in total. The van der Waals surface area contributed by atoms with Crippen molar-refractivity contribution < 1.29 is 13.3 Å². The van der Waals surface area contributed by atoms with Gasteiger partial charge in [-0.2, -0.15) is 4.98 Å². The molecule has 2 aromatic carbocycles. The number of aryl methyl sites for hydroxylation is 1. The van der Waals surface area contributed by atoms with Crippen molar-refractivity contribution in [2.24, 2.45) is 0 Å². The largest absolute Gasteiger partial charge is 0.461 e. The average molecular weight is 447 g/mol. The Morgan fingerprint density at radius 2 is 1.91 bits per heavy atom. The number of hydrogen-bond donors (Lipinski definition) is 0. The Balaban J connectivity index is 1.37. The van der Waals surface area contributed by atoms with Crippen LogP contribution in [0.4, 0.5) is 4.39 Å². The van der Waals surface area contributed by atoms with Gasteiger partial charge < -0.3 is 8.94 Å². The SMILES string of the molecule is Cc1ccc(-c2noc(CSc3nnc(-c4ccco4)n3Cc3ccccc3)n2)cc1F. The molecule has 0 atom stereocenters. The number of nitrogens with zero attached hydrogens (tertiary/aromatic N) is 5. The number of rotatable bonds is 7. The summed E-state index contributed by atoms with van der Waals surface area (Å²) >= 11 is 1.43. The molecule has 0 unspecified atom stereocenters. The Morgan fingerprint density at radius 3 is 2.69 bits per heavy atom. The molecule has 0 spiro atoms. The molecule has 32 heavy (non-hydrogen) atoms. The van der Waals surface area contributed by atoms with E-state index in [2.05, 4.69) is 20.3 Å². The smallest absolute Gasteiger partial charge is 0.237 e. The molecule has 5 aromatic rings. The highest BCUT2D eigenvalue weighted by Crippen LogP contribution is 2.28. The van der Waals surface area contributed by atoms with Crippen molar-refractivity contribution >= 4 is 11.8 Å². The number of benzene rings is 2. The van der Waals surface area contributed by atoms with Gasteiger partial charge in [0, 0.05) is 5.56 Å². The third kappa shape index (κ3) is 4.19. The highest BCUT2D eigenvalue weighted by Gasteiger charge is 2.18. The summed E-state index contributed by atoms with van der Waals surface area (Å²) in [5, 5.41) is 13.4. The van der Waals surface area contributed by atoms with Crippen LogP contribution < -0.4 is 0 Å². The zero-order valence-electron chi connectivity index (χ0n) is 17.1. The fraction of sp³-hybridized carbons (Fsp3) is 0.130. The molecule has 0 bridgehead atoms. The Kier molecular flexibility index (Phi) is 5.55. The van der Waals surface area contributed by atoms with E-state index in [1.165, 1.54) is 17.8 Å². The molecule has 0 N–H and O–H groups in total. The van der Waals surface area contributed by atoms with E-state index >= 15 is 0 Å². The highest BCUT2D eigenvalue weighted by molar-refractivity contribution is 7.98. The summed E-state index contributed by atoms with van der Waals surface area (Å²) < 4.78 is 26.8. The second-order valence-corrected chi connectivity index (χ2v) is 8.06. The number of thioether (sulfide) groups is 1. The molecular weight excluding hydrogens is 429 g/mol. The van der Waals surface area contributed by atoms with E-state index in [0.717, 1.165) is 5.56 Å². The Morgan fingerprint density at radius 1 is 1.03 bits per heavy atom. The summed E-state index contributed by atoms with van der Waals surface area (Å²) in [5.41, 5.74) is 2.25. The first-order valence-electron chi connectivity index (χ1n) is 9.90. The number of furan rings is 1. The lowest BCUT2D eigenvalue weighted by Crippen LogP contribution is -2.04. The molecule has 0 fully saturated rings. The highest BCUT2D eigenvalue weighted by atomic mass is 32.2. The Hall–Kier alpha value is -3.72. The van der Waals surface area contributed by atoms with Crippen molar-refractivity contribution in [1.29, 1.82) is 0 Å². The van der Waals surface area contributed by atoms with E-state index in [4.69, 9.17) is 8.94 Å². The average Bonchev–Trinajstić information content (AvgIpc) is 3.56. The van der Waals surface area contributed by atoms with Crippen molar-refractivity contribution in [3.63, 3.8) is 0 Å². The minimum absolute atomic E-state index is 0.303. The van der Waals surface area contributed by atoms with Crippen LogP contribution in [0.2, 0.25) is 0 Å². The fourth-order valence-corrected chi connectivity index (χ4v) is 3.96. The van der Waals surface area contributed by atoms with Crippen LogP contribution in [-0.2, 0) is 12.3 Å². The van der Waals surface area contributed by atoms with Crippen LogP contribution in [0.1, 0.15) is 17.0 Å². The zero-order chi connectivity index (χ0) is 21.9. The van der Waals surface area contributed by atoms with Crippen LogP contribution in [0.25, 0.3) is 23.0 Å². The predicted molar refractivity (Wildman–Crippen MR) is 117 cm³/mol. The molecule has 0 radical (unpaired) electrons. The van der Waals surface area contributed by atoms with Crippen molar-refractivity contribution in [3.05, 3.63) is 89.8 Å². The van der Waals surface area contributed by atoms with Crippen LogP contribution >= 0.6 is 11.8 Å². The lowest BCUT2D eigenvalue weighted by Gasteiger charge is -2.08. The van der Waals surface area contributed by atoms with Gasteiger partial charge in [0.15, 0.2) is 10.9 Å². The summed E-state index contributed by atoms with van der Waals surface area (Å²) in [6, 6.07) is 18.6.